The number of hydrogen-bond acceptors (Lipinski definition) is 2. The molecule has 0 bridgehead atoms. The van der Waals surface area contributed by atoms with Gasteiger partial charge in [0.05, 0.1) is 5.54 Å². The van der Waals surface area contributed by atoms with E-state index in [2.05, 4.69) is 0 Å². The first-order chi connectivity index (χ1) is 14.2. The van der Waals surface area contributed by atoms with Crippen LogP contribution in [0.3, 0.4) is 0 Å². The number of carbonyl (C=O) groups excluding carboxylic acids is 1. The van der Waals surface area contributed by atoms with Crippen LogP contribution in [-0.4, -0.2) is 16.7 Å². The molecule has 1 aliphatic heterocycles. The first kappa shape index (κ1) is 20.5. The molecule has 0 radical (unpaired) electrons. The van der Waals surface area contributed by atoms with E-state index in [-0.39, 0.29) is 6.03 Å². The lowest BCUT2D eigenvalue weighted by atomic mass is 9.83. The molecule has 1 unspecified atom stereocenters. The molecule has 3 aromatic rings. The third kappa shape index (κ3) is 2.99. The minimum Gasteiger partial charge on any atom is -0.365 e. The van der Waals surface area contributed by atoms with Crippen LogP contribution < -0.4 is 9.80 Å². The third-order valence-corrected chi connectivity index (χ3v) is 6.17. The summed E-state index contributed by atoms with van der Waals surface area (Å²) in [6.45, 7) is 7.76. The van der Waals surface area contributed by atoms with Crippen molar-refractivity contribution >= 4 is 29.0 Å². The molecule has 4 rings (SSSR count). The Kier molecular flexibility index (Phi) is 4.88. The van der Waals surface area contributed by atoms with Gasteiger partial charge in [-0.15, -0.1) is 0 Å². The number of aryl methyl sites for hydroxylation is 2. The molecule has 0 aromatic heterocycles. The van der Waals surface area contributed by atoms with Crippen LogP contribution >= 0.6 is 11.6 Å². The van der Waals surface area contributed by atoms with Crippen molar-refractivity contribution in [3.8, 4) is 0 Å². The number of nitrogens with zero attached hydrogens (tertiary/aromatic N) is 2. The standard InChI is InChI=1S/C25H25ClN2O2/c1-17-8-12-21(13-9-17)27-23(29)28(22-14-10-20(26)11-15-22)25(30,24(27,3)4)19-7-5-6-18(2)16-19/h5-16,30H,1-4H3. The topological polar surface area (TPSA) is 43.8 Å². The Morgan fingerprint density at radius 3 is 1.97 bits per heavy atom. The minimum absolute atomic E-state index is 0.296. The first-order valence-electron chi connectivity index (χ1n) is 9.92. The highest BCUT2D eigenvalue weighted by atomic mass is 35.5. The molecule has 1 aliphatic rings. The summed E-state index contributed by atoms with van der Waals surface area (Å²) in [7, 11) is 0. The molecule has 154 valence electrons. The second-order valence-corrected chi connectivity index (χ2v) is 8.80. The molecule has 4 nitrogen and oxygen atoms in total. The zero-order chi connectivity index (χ0) is 21.7. The normalized spacial score (nSPS) is 20.7. The quantitative estimate of drug-likeness (QED) is 0.562. The summed E-state index contributed by atoms with van der Waals surface area (Å²) in [5.41, 5.74) is 1.52. The number of benzene rings is 3. The smallest absolute Gasteiger partial charge is 0.332 e. The van der Waals surface area contributed by atoms with Crippen molar-refractivity contribution in [2.75, 3.05) is 9.80 Å². The molecule has 0 spiro atoms. The van der Waals surface area contributed by atoms with Gasteiger partial charge in [-0.3, -0.25) is 9.80 Å². The van der Waals surface area contributed by atoms with Gasteiger partial charge in [0.15, 0.2) is 5.72 Å². The molecule has 30 heavy (non-hydrogen) atoms. The van der Waals surface area contributed by atoms with Gasteiger partial charge >= 0.3 is 6.03 Å². The summed E-state index contributed by atoms with van der Waals surface area (Å²) in [6, 6.07) is 22.1. The Labute approximate surface area is 182 Å². The van der Waals surface area contributed by atoms with Crippen molar-refractivity contribution in [2.45, 2.75) is 39.0 Å². The van der Waals surface area contributed by atoms with Crippen LogP contribution in [0.5, 0.6) is 0 Å². The van der Waals surface area contributed by atoms with Crippen molar-refractivity contribution in [3.63, 3.8) is 0 Å². The minimum atomic E-state index is -1.60. The number of carbonyl (C=O) groups is 1. The molecule has 1 atom stereocenters. The highest BCUT2D eigenvalue weighted by Gasteiger charge is 2.64. The van der Waals surface area contributed by atoms with E-state index in [1.165, 1.54) is 4.90 Å². The molecular weight excluding hydrogens is 396 g/mol. The Bertz CT molecular complexity index is 1090. The number of rotatable bonds is 3. The number of urea groups is 1. The monoisotopic (exact) mass is 420 g/mol. The lowest BCUT2D eigenvalue weighted by Crippen LogP contribution is -2.56. The molecule has 0 aliphatic carbocycles. The van der Waals surface area contributed by atoms with Gasteiger partial charge < -0.3 is 5.11 Å². The Hall–Kier alpha value is -2.82. The van der Waals surface area contributed by atoms with Gasteiger partial charge in [-0.05, 0) is 64.1 Å². The van der Waals surface area contributed by atoms with Crippen LogP contribution in [0.15, 0.2) is 72.8 Å². The Morgan fingerprint density at radius 1 is 0.800 bits per heavy atom. The first-order valence-corrected chi connectivity index (χ1v) is 10.3. The van der Waals surface area contributed by atoms with Crippen LogP contribution in [-0.2, 0) is 5.72 Å². The van der Waals surface area contributed by atoms with E-state index >= 15 is 0 Å². The van der Waals surface area contributed by atoms with E-state index in [9.17, 15) is 9.90 Å². The predicted octanol–water partition coefficient (Wildman–Crippen LogP) is 6.03. The van der Waals surface area contributed by atoms with Crippen molar-refractivity contribution in [1.29, 1.82) is 0 Å². The number of hydrogen-bond donors (Lipinski definition) is 1. The summed E-state index contributed by atoms with van der Waals surface area (Å²) >= 11 is 6.08. The van der Waals surface area contributed by atoms with Crippen molar-refractivity contribution in [2.24, 2.45) is 0 Å². The van der Waals surface area contributed by atoms with E-state index < -0.39 is 11.3 Å². The molecular formula is C25H25ClN2O2. The summed E-state index contributed by atoms with van der Waals surface area (Å²) in [5, 5.41) is 12.9. The lowest BCUT2D eigenvalue weighted by molar-refractivity contribution is -0.00251. The molecule has 5 heteroatoms. The number of aliphatic hydroxyl groups is 1. The molecule has 1 N–H and O–H groups in total. The maximum Gasteiger partial charge on any atom is 0.332 e. The van der Waals surface area contributed by atoms with Crippen LogP contribution in [0.25, 0.3) is 0 Å². The van der Waals surface area contributed by atoms with Gasteiger partial charge in [-0.2, -0.15) is 0 Å². The largest absolute Gasteiger partial charge is 0.365 e. The lowest BCUT2D eigenvalue weighted by Gasteiger charge is -2.42. The molecule has 2 amide bonds. The zero-order valence-corrected chi connectivity index (χ0v) is 18.3. The second-order valence-electron chi connectivity index (χ2n) is 8.37. The molecule has 1 fully saturated rings. The predicted molar refractivity (Wildman–Crippen MR) is 122 cm³/mol. The molecule has 1 saturated heterocycles. The summed E-state index contributed by atoms with van der Waals surface area (Å²) in [6.07, 6.45) is 0. The fourth-order valence-electron chi connectivity index (χ4n) is 4.27. The SMILES string of the molecule is Cc1ccc(N2C(=O)N(c3ccc(Cl)cc3)C(O)(c3cccc(C)c3)C2(C)C)cc1. The van der Waals surface area contributed by atoms with Gasteiger partial charge in [0.25, 0.3) is 0 Å². The number of halogens is 1. The fourth-order valence-corrected chi connectivity index (χ4v) is 4.39. The van der Waals surface area contributed by atoms with Gasteiger partial charge in [-0.1, -0.05) is 59.1 Å². The molecule has 3 aromatic carbocycles. The maximum absolute atomic E-state index is 13.8. The van der Waals surface area contributed by atoms with E-state index in [4.69, 9.17) is 11.6 Å². The van der Waals surface area contributed by atoms with E-state index in [1.807, 2.05) is 76.2 Å². The highest BCUT2D eigenvalue weighted by molar-refractivity contribution is 6.30. The number of anilines is 2. The van der Waals surface area contributed by atoms with E-state index in [0.717, 1.165) is 16.8 Å². The van der Waals surface area contributed by atoms with Crippen LogP contribution in [0.2, 0.25) is 5.02 Å². The van der Waals surface area contributed by atoms with Crippen molar-refractivity contribution in [1.82, 2.24) is 0 Å². The summed E-state index contributed by atoms with van der Waals surface area (Å²) < 4.78 is 0. The Morgan fingerprint density at radius 2 is 1.37 bits per heavy atom. The van der Waals surface area contributed by atoms with Gasteiger partial charge in [0, 0.05) is 22.0 Å². The van der Waals surface area contributed by atoms with Crippen molar-refractivity contribution < 1.29 is 9.90 Å². The summed E-state index contributed by atoms with van der Waals surface area (Å²) in [4.78, 5) is 17.0. The molecule has 0 saturated carbocycles. The van der Waals surface area contributed by atoms with Crippen LogP contribution in [0.1, 0.15) is 30.5 Å². The van der Waals surface area contributed by atoms with E-state index in [1.54, 1.807) is 29.2 Å². The van der Waals surface area contributed by atoms with Crippen molar-refractivity contribution in [3.05, 3.63) is 94.5 Å². The van der Waals surface area contributed by atoms with Gasteiger partial charge in [-0.25, -0.2) is 4.79 Å². The summed E-state index contributed by atoms with van der Waals surface area (Å²) in [5.74, 6) is 0. The Balaban J connectivity index is 1.97. The van der Waals surface area contributed by atoms with Crippen LogP contribution in [0, 0.1) is 13.8 Å². The molecule has 1 heterocycles. The highest BCUT2D eigenvalue weighted by Crippen LogP contribution is 2.50. The zero-order valence-electron chi connectivity index (χ0n) is 17.6. The van der Waals surface area contributed by atoms with Gasteiger partial charge in [0.1, 0.15) is 0 Å². The van der Waals surface area contributed by atoms with Gasteiger partial charge in [0.2, 0.25) is 0 Å². The van der Waals surface area contributed by atoms with E-state index in [0.29, 0.717) is 16.3 Å². The average molecular weight is 421 g/mol. The second kappa shape index (κ2) is 7.15. The number of amides is 2. The van der Waals surface area contributed by atoms with Crippen LogP contribution in [0.4, 0.5) is 16.2 Å². The average Bonchev–Trinajstić information content (AvgIpc) is 2.86. The fraction of sp³-hybridized carbons (Fsp3) is 0.240. The third-order valence-electron chi connectivity index (χ3n) is 5.92. The maximum atomic E-state index is 13.8.